The van der Waals surface area contributed by atoms with Crippen LogP contribution in [-0.2, 0) is 14.8 Å². The first kappa shape index (κ1) is 12.9. The normalized spacial score (nSPS) is 12.7. The number of aromatic amines is 1. The maximum Gasteiger partial charge on any atom is 0.258 e. The van der Waals surface area contributed by atoms with Gasteiger partial charge in [-0.05, 0) is 0 Å². The van der Waals surface area contributed by atoms with Gasteiger partial charge in [0.15, 0.2) is 10.8 Å². The van der Waals surface area contributed by atoms with Crippen molar-refractivity contribution in [3.63, 3.8) is 0 Å². The number of sulfonamides is 1. The fraction of sp³-hybridized carbons (Fsp3) is 0.556. The standard InChI is InChI=1S/C9H15N3O3S/c1-9(2,3)7(13)4-12-16(14,15)8-5-10-6-11-8/h5-6,12H,4H2,1-3H3,(H,10,11). The lowest BCUT2D eigenvalue weighted by Crippen LogP contribution is -2.35. The van der Waals surface area contributed by atoms with E-state index in [1.807, 2.05) is 0 Å². The Morgan fingerprint density at radius 2 is 2.12 bits per heavy atom. The van der Waals surface area contributed by atoms with E-state index in [0.717, 1.165) is 0 Å². The number of ketones is 1. The maximum absolute atomic E-state index is 11.6. The number of hydrogen-bond acceptors (Lipinski definition) is 4. The molecule has 0 atom stereocenters. The largest absolute Gasteiger partial charge is 0.335 e. The van der Waals surface area contributed by atoms with Crippen molar-refractivity contribution in [1.29, 1.82) is 0 Å². The summed E-state index contributed by atoms with van der Waals surface area (Å²) in [5.41, 5.74) is -0.559. The predicted molar refractivity (Wildman–Crippen MR) is 58.2 cm³/mol. The number of aromatic nitrogens is 2. The number of nitrogens with one attached hydrogen (secondary N) is 2. The van der Waals surface area contributed by atoms with Crippen LogP contribution in [0.4, 0.5) is 0 Å². The van der Waals surface area contributed by atoms with Gasteiger partial charge in [-0.3, -0.25) is 4.79 Å². The molecule has 0 aromatic carbocycles. The van der Waals surface area contributed by atoms with Gasteiger partial charge < -0.3 is 4.98 Å². The highest BCUT2D eigenvalue weighted by Crippen LogP contribution is 2.14. The Morgan fingerprint density at radius 1 is 1.50 bits per heavy atom. The summed E-state index contributed by atoms with van der Waals surface area (Å²) >= 11 is 0. The monoisotopic (exact) mass is 245 g/mol. The second-order valence-electron chi connectivity index (χ2n) is 4.41. The molecule has 1 heterocycles. The number of carbonyl (C=O) groups is 1. The molecule has 1 aromatic rings. The molecule has 1 rings (SSSR count). The van der Waals surface area contributed by atoms with E-state index >= 15 is 0 Å². The summed E-state index contributed by atoms with van der Waals surface area (Å²) in [5, 5.41) is -0.0470. The van der Waals surface area contributed by atoms with Gasteiger partial charge >= 0.3 is 0 Å². The Kier molecular flexibility index (Phi) is 3.49. The Balaban J connectivity index is 2.67. The molecular weight excluding hydrogens is 230 g/mol. The van der Waals surface area contributed by atoms with Gasteiger partial charge in [0.25, 0.3) is 10.0 Å². The number of hydrogen-bond donors (Lipinski definition) is 2. The lowest BCUT2D eigenvalue weighted by atomic mass is 9.91. The minimum atomic E-state index is -3.66. The predicted octanol–water partition coefficient (Wildman–Crippen LogP) is 0.303. The smallest absolute Gasteiger partial charge is 0.258 e. The van der Waals surface area contributed by atoms with Crippen molar-refractivity contribution in [3.05, 3.63) is 12.5 Å². The number of H-pyrrole nitrogens is 1. The van der Waals surface area contributed by atoms with Gasteiger partial charge in [0.1, 0.15) is 0 Å². The first-order valence-electron chi connectivity index (χ1n) is 4.75. The molecule has 0 aliphatic carbocycles. The summed E-state index contributed by atoms with van der Waals surface area (Å²) in [5.74, 6) is -0.171. The summed E-state index contributed by atoms with van der Waals surface area (Å²) in [7, 11) is -3.66. The summed E-state index contributed by atoms with van der Waals surface area (Å²) < 4.78 is 25.4. The third-order valence-electron chi connectivity index (χ3n) is 2.02. The van der Waals surface area contributed by atoms with Gasteiger partial charge in [0.05, 0.1) is 19.1 Å². The zero-order valence-electron chi connectivity index (χ0n) is 9.44. The Labute approximate surface area is 94.5 Å². The average Bonchev–Trinajstić information content (AvgIpc) is 2.65. The second-order valence-corrected chi connectivity index (χ2v) is 6.15. The fourth-order valence-corrected chi connectivity index (χ4v) is 1.78. The van der Waals surface area contributed by atoms with Gasteiger partial charge in [0, 0.05) is 5.41 Å². The van der Waals surface area contributed by atoms with E-state index in [4.69, 9.17) is 0 Å². The van der Waals surface area contributed by atoms with Crippen molar-refractivity contribution in [2.75, 3.05) is 6.54 Å². The van der Waals surface area contributed by atoms with Gasteiger partial charge in [-0.1, -0.05) is 20.8 Å². The van der Waals surface area contributed by atoms with Crippen molar-refractivity contribution in [2.45, 2.75) is 25.8 Å². The van der Waals surface area contributed by atoms with Crippen molar-refractivity contribution in [2.24, 2.45) is 5.41 Å². The highest BCUT2D eigenvalue weighted by molar-refractivity contribution is 7.89. The molecule has 0 saturated heterocycles. The van der Waals surface area contributed by atoms with Gasteiger partial charge in [-0.25, -0.2) is 18.1 Å². The Bertz CT molecular complexity index is 457. The van der Waals surface area contributed by atoms with Gasteiger partial charge in [-0.2, -0.15) is 0 Å². The molecule has 16 heavy (non-hydrogen) atoms. The highest BCUT2D eigenvalue weighted by Gasteiger charge is 2.24. The summed E-state index contributed by atoms with van der Waals surface area (Å²) in [6.45, 7) is 4.99. The highest BCUT2D eigenvalue weighted by atomic mass is 32.2. The SMILES string of the molecule is CC(C)(C)C(=O)CNS(=O)(=O)c1cnc[nH]1. The molecule has 0 radical (unpaired) electrons. The molecule has 7 heteroatoms. The summed E-state index contributed by atoms with van der Waals surface area (Å²) in [6.07, 6.45) is 2.45. The molecule has 1 aromatic heterocycles. The number of rotatable bonds is 4. The third kappa shape index (κ3) is 3.14. The quantitative estimate of drug-likeness (QED) is 0.798. The van der Waals surface area contributed by atoms with Crippen LogP contribution in [-0.4, -0.2) is 30.7 Å². The lowest BCUT2D eigenvalue weighted by Gasteiger charge is -2.16. The molecule has 2 N–H and O–H groups in total. The topological polar surface area (TPSA) is 91.9 Å². The number of nitrogens with zero attached hydrogens (tertiary/aromatic N) is 1. The van der Waals surface area contributed by atoms with E-state index in [-0.39, 0.29) is 17.4 Å². The molecule has 0 aliphatic heterocycles. The lowest BCUT2D eigenvalue weighted by molar-refractivity contribution is -0.125. The Morgan fingerprint density at radius 3 is 2.56 bits per heavy atom. The first-order chi connectivity index (χ1) is 7.23. The van der Waals surface area contributed by atoms with Gasteiger partial charge in [-0.15, -0.1) is 0 Å². The molecule has 0 spiro atoms. The third-order valence-corrected chi connectivity index (χ3v) is 3.35. The molecule has 6 nitrogen and oxygen atoms in total. The van der Waals surface area contributed by atoms with Crippen LogP contribution < -0.4 is 4.72 Å². The molecular formula is C9H15N3O3S. The van der Waals surface area contributed by atoms with Crippen LogP contribution in [0.25, 0.3) is 0 Å². The molecule has 0 aliphatic rings. The fourth-order valence-electron chi connectivity index (χ4n) is 0.894. The van der Waals surface area contributed by atoms with Crippen LogP contribution in [0.2, 0.25) is 0 Å². The van der Waals surface area contributed by atoms with E-state index in [9.17, 15) is 13.2 Å². The summed E-state index contributed by atoms with van der Waals surface area (Å²) in [4.78, 5) is 17.6. The van der Waals surface area contributed by atoms with E-state index in [1.54, 1.807) is 20.8 Å². The number of Topliss-reactive ketones (excluding diaryl/α,β-unsaturated/α-hetero) is 1. The van der Waals surface area contributed by atoms with Gasteiger partial charge in [0.2, 0.25) is 0 Å². The Hall–Kier alpha value is -1.21. The van der Waals surface area contributed by atoms with Crippen LogP contribution in [0.3, 0.4) is 0 Å². The zero-order chi connectivity index (χ0) is 12.4. The van der Waals surface area contributed by atoms with Crippen LogP contribution in [0.15, 0.2) is 17.6 Å². The van der Waals surface area contributed by atoms with Crippen LogP contribution >= 0.6 is 0 Å². The van der Waals surface area contributed by atoms with Crippen LogP contribution in [0.5, 0.6) is 0 Å². The first-order valence-corrected chi connectivity index (χ1v) is 6.23. The van der Waals surface area contributed by atoms with Crippen molar-refractivity contribution in [1.82, 2.24) is 14.7 Å². The van der Waals surface area contributed by atoms with E-state index in [0.29, 0.717) is 0 Å². The average molecular weight is 245 g/mol. The molecule has 0 saturated carbocycles. The zero-order valence-corrected chi connectivity index (χ0v) is 10.3. The molecule has 90 valence electrons. The van der Waals surface area contributed by atoms with Crippen molar-refractivity contribution in [3.8, 4) is 0 Å². The van der Waals surface area contributed by atoms with E-state index < -0.39 is 15.4 Å². The second kappa shape index (κ2) is 4.34. The molecule has 0 bridgehead atoms. The minimum absolute atomic E-state index is 0.0470. The summed E-state index contributed by atoms with van der Waals surface area (Å²) in [6, 6.07) is 0. The van der Waals surface area contributed by atoms with Crippen LogP contribution in [0, 0.1) is 5.41 Å². The number of carbonyl (C=O) groups excluding carboxylic acids is 1. The van der Waals surface area contributed by atoms with Crippen molar-refractivity contribution >= 4 is 15.8 Å². The molecule has 0 unspecified atom stereocenters. The van der Waals surface area contributed by atoms with E-state index in [2.05, 4.69) is 14.7 Å². The van der Waals surface area contributed by atoms with Crippen LogP contribution in [0.1, 0.15) is 20.8 Å². The molecule has 0 fully saturated rings. The minimum Gasteiger partial charge on any atom is -0.335 e. The maximum atomic E-state index is 11.6. The van der Waals surface area contributed by atoms with Crippen molar-refractivity contribution < 1.29 is 13.2 Å². The number of imidazole rings is 1. The molecule has 0 amide bonds. The van der Waals surface area contributed by atoms with E-state index in [1.165, 1.54) is 12.5 Å².